The van der Waals surface area contributed by atoms with Crippen molar-refractivity contribution < 1.29 is 0 Å². The summed E-state index contributed by atoms with van der Waals surface area (Å²) in [4.78, 5) is 0. The van der Waals surface area contributed by atoms with Gasteiger partial charge in [0.25, 0.3) is 11.7 Å². The van der Waals surface area contributed by atoms with Crippen molar-refractivity contribution >= 4 is 11.7 Å². The molecule has 2 aromatic rings. The molecule has 0 unspecified atom stereocenters. The Morgan fingerprint density at radius 2 is 2.29 bits per heavy atom. The standard InChI is InChI=1S/C7H11N7/c1-2-3-4-8-6-10-12-7-11-9-5-14(7)13-6/h5H,2-4H2,1H3,(H,8,13). The molecule has 74 valence electrons. The van der Waals surface area contributed by atoms with Gasteiger partial charge in [0.05, 0.1) is 0 Å². The van der Waals surface area contributed by atoms with Crippen LogP contribution in [0.1, 0.15) is 19.8 Å². The van der Waals surface area contributed by atoms with E-state index in [1.54, 1.807) is 0 Å². The van der Waals surface area contributed by atoms with Crippen LogP contribution in [0, 0.1) is 0 Å². The number of nitrogens with one attached hydrogen (secondary N) is 1. The minimum atomic E-state index is 0.408. The first-order valence-electron chi connectivity index (χ1n) is 4.55. The Hall–Kier alpha value is -1.79. The molecule has 2 rings (SSSR count). The lowest BCUT2D eigenvalue weighted by atomic mass is 10.3. The Kier molecular flexibility index (Phi) is 2.48. The van der Waals surface area contributed by atoms with Gasteiger partial charge in [-0.3, -0.25) is 0 Å². The highest BCUT2D eigenvalue weighted by molar-refractivity contribution is 5.26. The molecule has 0 aliphatic carbocycles. The fourth-order valence-corrected chi connectivity index (χ4v) is 1.02. The van der Waals surface area contributed by atoms with E-state index in [4.69, 9.17) is 0 Å². The Bertz CT molecular complexity index is 409. The second-order valence-electron chi connectivity index (χ2n) is 2.88. The zero-order valence-corrected chi connectivity index (χ0v) is 7.88. The maximum absolute atomic E-state index is 4.11. The van der Waals surface area contributed by atoms with Gasteiger partial charge in [0.15, 0.2) is 0 Å². The predicted octanol–water partition coefficient (Wildman–Crippen LogP) is 0.126. The van der Waals surface area contributed by atoms with Crippen molar-refractivity contribution in [3.05, 3.63) is 6.33 Å². The molecule has 0 radical (unpaired) electrons. The van der Waals surface area contributed by atoms with Crippen LogP contribution in [-0.4, -0.2) is 36.6 Å². The lowest BCUT2D eigenvalue weighted by molar-refractivity contribution is 0.788. The number of hydrogen-bond acceptors (Lipinski definition) is 6. The van der Waals surface area contributed by atoms with Crippen molar-refractivity contribution in [2.75, 3.05) is 11.9 Å². The van der Waals surface area contributed by atoms with Gasteiger partial charge in [-0.15, -0.1) is 25.5 Å². The fourth-order valence-electron chi connectivity index (χ4n) is 1.02. The number of hydrogen-bond donors (Lipinski definition) is 1. The Morgan fingerprint density at radius 3 is 3.14 bits per heavy atom. The lowest BCUT2D eigenvalue weighted by Gasteiger charge is -2.01. The molecular weight excluding hydrogens is 182 g/mol. The third kappa shape index (κ3) is 1.76. The first-order chi connectivity index (χ1) is 6.90. The summed E-state index contributed by atoms with van der Waals surface area (Å²) in [6, 6.07) is 0. The SMILES string of the molecule is CCCCNc1nnc2nncn2n1. The van der Waals surface area contributed by atoms with Gasteiger partial charge in [0.2, 0.25) is 0 Å². The van der Waals surface area contributed by atoms with Gasteiger partial charge in [-0.05, 0) is 6.42 Å². The summed E-state index contributed by atoms with van der Waals surface area (Å²) in [5, 5.41) is 22.2. The summed E-state index contributed by atoms with van der Waals surface area (Å²) < 4.78 is 1.49. The second kappa shape index (κ2) is 3.95. The van der Waals surface area contributed by atoms with Crippen molar-refractivity contribution in [1.29, 1.82) is 0 Å². The third-order valence-corrected chi connectivity index (χ3v) is 1.76. The number of anilines is 1. The van der Waals surface area contributed by atoms with Crippen LogP contribution in [0.5, 0.6) is 0 Å². The van der Waals surface area contributed by atoms with E-state index < -0.39 is 0 Å². The van der Waals surface area contributed by atoms with E-state index in [0.29, 0.717) is 11.7 Å². The summed E-state index contributed by atoms with van der Waals surface area (Å²) in [6.45, 7) is 2.98. The summed E-state index contributed by atoms with van der Waals surface area (Å²) in [5.41, 5.74) is 0. The van der Waals surface area contributed by atoms with E-state index in [1.807, 2.05) is 0 Å². The topological polar surface area (TPSA) is 80.9 Å². The van der Waals surface area contributed by atoms with Crippen molar-refractivity contribution in [2.24, 2.45) is 0 Å². The molecule has 1 N–H and O–H groups in total. The van der Waals surface area contributed by atoms with Gasteiger partial charge >= 0.3 is 0 Å². The summed E-state index contributed by atoms with van der Waals surface area (Å²) in [6.07, 6.45) is 3.72. The van der Waals surface area contributed by atoms with Crippen LogP contribution in [0.15, 0.2) is 6.33 Å². The zero-order chi connectivity index (χ0) is 9.80. The molecular formula is C7H11N7. The van der Waals surface area contributed by atoms with E-state index in [2.05, 4.69) is 37.7 Å². The molecule has 0 saturated carbocycles. The highest BCUT2D eigenvalue weighted by atomic mass is 15.5. The molecule has 0 aromatic carbocycles. The summed E-state index contributed by atoms with van der Waals surface area (Å²) in [7, 11) is 0. The zero-order valence-electron chi connectivity index (χ0n) is 7.88. The largest absolute Gasteiger partial charge is 0.352 e. The van der Waals surface area contributed by atoms with E-state index in [9.17, 15) is 0 Å². The predicted molar refractivity (Wildman–Crippen MR) is 49.8 cm³/mol. The van der Waals surface area contributed by atoms with Gasteiger partial charge in [-0.1, -0.05) is 13.3 Å². The maximum atomic E-state index is 4.11. The van der Waals surface area contributed by atoms with Crippen LogP contribution in [0.25, 0.3) is 5.78 Å². The van der Waals surface area contributed by atoms with Crippen molar-refractivity contribution in [1.82, 2.24) is 30.0 Å². The smallest absolute Gasteiger partial charge is 0.290 e. The minimum Gasteiger partial charge on any atom is -0.352 e. The van der Waals surface area contributed by atoms with Crippen LogP contribution in [-0.2, 0) is 0 Å². The maximum Gasteiger partial charge on any atom is 0.290 e. The molecule has 0 amide bonds. The second-order valence-corrected chi connectivity index (χ2v) is 2.88. The van der Waals surface area contributed by atoms with Gasteiger partial charge in [0, 0.05) is 6.54 Å². The highest BCUT2D eigenvalue weighted by Crippen LogP contribution is 1.96. The molecule has 0 saturated heterocycles. The summed E-state index contributed by atoms with van der Waals surface area (Å²) in [5.74, 6) is 0.914. The molecule has 0 spiro atoms. The fraction of sp³-hybridized carbons (Fsp3) is 0.571. The molecule has 0 aliphatic heterocycles. The van der Waals surface area contributed by atoms with Crippen molar-refractivity contribution in [3.63, 3.8) is 0 Å². The molecule has 7 nitrogen and oxygen atoms in total. The highest BCUT2D eigenvalue weighted by Gasteiger charge is 2.00. The molecule has 0 atom stereocenters. The lowest BCUT2D eigenvalue weighted by Crippen LogP contribution is -2.08. The average Bonchev–Trinajstić information content (AvgIpc) is 2.65. The molecule has 2 aromatic heterocycles. The van der Waals surface area contributed by atoms with Crippen molar-refractivity contribution in [2.45, 2.75) is 19.8 Å². The van der Waals surface area contributed by atoms with Crippen LogP contribution in [0.3, 0.4) is 0 Å². The van der Waals surface area contributed by atoms with E-state index in [-0.39, 0.29) is 0 Å². The quantitative estimate of drug-likeness (QED) is 0.695. The first kappa shape index (κ1) is 8.79. The Balaban J connectivity index is 2.10. The van der Waals surface area contributed by atoms with Gasteiger partial charge in [0.1, 0.15) is 6.33 Å². The molecule has 2 heterocycles. The van der Waals surface area contributed by atoms with Gasteiger partial charge in [-0.2, -0.15) is 4.52 Å². The van der Waals surface area contributed by atoms with Crippen LogP contribution >= 0.6 is 0 Å². The number of nitrogens with zero attached hydrogens (tertiary/aromatic N) is 6. The molecule has 0 fully saturated rings. The minimum absolute atomic E-state index is 0.408. The van der Waals surface area contributed by atoms with Gasteiger partial charge < -0.3 is 5.32 Å². The normalized spacial score (nSPS) is 10.6. The Labute approximate surface area is 80.6 Å². The number of fused-ring (bicyclic) bond motifs is 1. The summed E-state index contributed by atoms with van der Waals surface area (Å²) >= 11 is 0. The van der Waals surface area contributed by atoms with Crippen LogP contribution in [0.2, 0.25) is 0 Å². The number of rotatable bonds is 4. The van der Waals surface area contributed by atoms with E-state index >= 15 is 0 Å². The number of aromatic nitrogens is 6. The van der Waals surface area contributed by atoms with Crippen LogP contribution < -0.4 is 5.32 Å². The molecule has 7 heteroatoms. The van der Waals surface area contributed by atoms with Crippen LogP contribution in [0.4, 0.5) is 5.95 Å². The molecule has 0 aliphatic rings. The Morgan fingerprint density at radius 1 is 1.36 bits per heavy atom. The van der Waals surface area contributed by atoms with E-state index in [0.717, 1.165) is 19.4 Å². The van der Waals surface area contributed by atoms with Crippen molar-refractivity contribution in [3.8, 4) is 0 Å². The first-order valence-corrected chi connectivity index (χ1v) is 4.55. The third-order valence-electron chi connectivity index (χ3n) is 1.76. The molecule has 14 heavy (non-hydrogen) atoms. The average molecular weight is 193 g/mol. The molecule has 0 bridgehead atoms. The number of unbranched alkanes of at least 4 members (excludes halogenated alkanes) is 1. The monoisotopic (exact) mass is 193 g/mol. The van der Waals surface area contributed by atoms with E-state index in [1.165, 1.54) is 10.8 Å². The van der Waals surface area contributed by atoms with Gasteiger partial charge in [-0.25, -0.2) is 0 Å².